The Balaban J connectivity index is 2.62. The van der Waals surface area contributed by atoms with E-state index in [-0.39, 0.29) is 11.8 Å². The summed E-state index contributed by atoms with van der Waals surface area (Å²) in [5.74, 6) is -0.0457. The summed E-state index contributed by atoms with van der Waals surface area (Å²) in [7, 11) is 0. The first-order valence-electron chi connectivity index (χ1n) is 5.33. The van der Waals surface area contributed by atoms with Crippen LogP contribution in [-0.4, -0.2) is 11.4 Å². The van der Waals surface area contributed by atoms with Crippen LogP contribution in [0, 0.1) is 17.2 Å². The van der Waals surface area contributed by atoms with E-state index >= 15 is 0 Å². The number of nitrogens with zero attached hydrogens (tertiary/aromatic N) is 1. The highest BCUT2D eigenvalue weighted by atomic mass is 16.2. The highest BCUT2D eigenvalue weighted by Gasteiger charge is 2.33. The lowest BCUT2D eigenvalue weighted by molar-refractivity contribution is -0.125. The van der Waals surface area contributed by atoms with Gasteiger partial charge in [0.2, 0.25) is 5.91 Å². The number of amides is 1. The van der Waals surface area contributed by atoms with Gasteiger partial charge in [0, 0.05) is 5.92 Å². The van der Waals surface area contributed by atoms with Gasteiger partial charge in [0.15, 0.2) is 0 Å². The first-order valence-corrected chi connectivity index (χ1v) is 5.33. The maximum Gasteiger partial charge on any atom is 0.223 e. The molecule has 1 amide bonds. The lowest BCUT2D eigenvalue weighted by Crippen LogP contribution is -2.49. The van der Waals surface area contributed by atoms with Gasteiger partial charge in [-0.25, -0.2) is 0 Å². The zero-order valence-electron chi connectivity index (χ0n) is 8.97. The summed E-state index contributed by atoms with van der Waals surface area (Å²) in [5.41, 5.74) is -0.570. The van der Waals surface area contributed by atoms with Crippen molar-refractivity contribution >= 4 is 5.91 Å². The van der Waals surface area contributed by atoms with Gasteiger partial charge in [0.1, 0.15) is 5.54 Å². The van der Waals surface area contributed by atoms with Crippen molar-refractivity contribution in [2.75, 3.05) is 0 Å². The smallest absolute Gasteiger partial charge is 0.223 e. The van der Waals surface area contributed by atoms with Gasteiger partial charge in [-0.3, -0.25) is 4.79 Å². The molecule has 3 nitrogen and oxygen atoms in total. The van der Waals surface area contributed by atoms with Crippen molar-refractivity contribution in [3.8, 4) is 6.07 Å². The average Bonchev–Trinajstić information content (AvgIpc) is 2.19. The van der Waals surface area contributed by atoms with Crippen LogP contribution in [-0.2, 0) is 4.79 Å². The van der Waals surface area contributed by atoms with Gasteiger partial charge in [0.05, 0.1) is 6.07 Å². The molecule has 1 aliphatic carbocycles. The Labute approximate surface area is 85.5 Å². The van der Waals surface area contributed by atoms with Crippen molar-refractivity contribution in [1.29, 1.82) is 5.26 Å². The van der Waals surface area contributed by atoms with Gasteiger partial charge < -0.3 is 5.32 Å². The van der Waals surface area contributed by atoms with E-state index in [1.165, 1.54) is 6.42 Å². The van der Waals surface area contributed by atoms with Gasteiger partial charge in [-0.15, -0.1) is 0 Å². The molecule has 0 heterocycles. The summed E-state index contributed by atoms with van der Waals surface area (Å²) in [6.07, 6.45) is 4.89. The molecular weight excluding hydrogens is 176 g/mol. The molecule has 0 unspecified atom stereocenters. The number of nitriles is 1. The fourth-order valence-electron chi connectivity index (χ4n) is 1.80. The number of carbonyl (C=O) groups excluding carboxylic acids is 1. The predicted octanol–water partition coefficient (Wildman–Crippen LogP) is 1.99. The largest absolute Gasteiger partial charge is 0.338 e. The van der Waals surface area contributed by atoms with Crippen LogP contribution < -0.4 is 5.32 Å². The standard InChI is InChI=1S/C11H18N2O/c1-9(2)10(14)13-11(8-12)6-4-3-5-7-11/h9H,3-7H2,1-2H3,(H,13,14). The normalized spacial score (nSPS) is 20.1. The predicted molar refractivity (Wildman–Crippen MR) is 54.4 cm³/mol. The molecule has 3 heteroatoms. The first-order chi connectivity index (χ1) is 6.59. The van der Waals surface area contributed by atoms with Crippen LogP contribution in [0.3, 0.4) is 0 Å². The van der Waals surface area contributed by atoms with Crippen LogP contribution in [0.5, 0.6) is 0 Å². The number of nitrogens with one attached hydrogen (secondary N) is 1. The van der Waals surface area contributed by atoms with Crippen molar-refractivity contribution < 1.29 is 4.79 Å². The molecule has 0 aliphatic heterocycles. The Kier molecular flexibility index (Phi) is 3.51. The monoisotopic (exact) mass is 194 g/mol. The van der Waals surface area contributed by atoms with E-state index in [0.29, 0.717) is 0 Å². The molecule has 0 aromatic carbocycles. The summed E-state index contributed by atoms with van der Waals surface area (Å²) >= 11 is 0. The van der Waals surface area contributed by atoms with Crippen molar-refractivity contribution in [2.24, 2.45) is 5.92 Å². The second-order valence-electron chi connectivity index (χ2n) is 4.40. The number of hydrogen-bond donors (Lipinski definition) is 1. The van der Waals surface area contributed by atoms with Gasteiger partial charge in [-0.05, 0) is 12.8 Å². The van der Waals surface area contributed by atoms with Crippen molar-refractivity contribution in [3.63, 3.8) is 0 Å². The lowest BCUT2D eigenvalue weighted by Gasteiger charge is -2.32. The highest BCUT2D eigenvalue weighted by Crippen LogP contribution is 2.27. The molecule has 0 bridgehead atoms. The molecule has 1 aliphatic rings. The Morgan fingerprint density at radius 3 is 2.36 bits per heavy atom. The zero-order valence-corrected chi connectivity index (χ0v) is 8.97. The van der Waals surface area contributed by atoms with Crippen molar-refractivity contribution in [1.82, 2.24) is 5.32 Å². The molecule has 1 N–H and O–H groups in total. The topological polar surface area (TPSA) is 52.9 Å². The molecular formula is C11H18N2O. The average molecular weight is 194 g/mol. The molecule has 0 aromatic heterocycles. The summed E-state index contributed by atoms with van der Waals surface area (Å²) in [6.45, 7) is 3.70. The van der Waals surface area contributed by atoms with Crippen LogP contribution in [0.2, 0.25) is 0 Å². The van der Waals surface area contributed by atoms with Gasteiger partial charge in [0.25, 0.3) is 0 Å². The van der Waals surface area contributed by atoms with E-state index in [1.807, 2.05) is 13.8 Å². The number of rotatable bonds is 2. The molecule has 1 fully saturated rings. The van der Waals surface area contributed by atoms with Crippen LogP contribution in [0.25, 0.3) is 0 Å². The SMILES string of the molecule is CC(C)C(=O)NC1(C#N)CCCCC1. The Hall–Kier alpha value is -1.04. The van der Waals surface area contributed by atoms with Crippen molar-refractivity contribution in [3.05, 3.63) is 0 Å². The highest BCUT2D eigenvalue weighted by molar-refractivity contribution is 5.79. The Morgan fingerprint density at radius 1 is 1.36 bits per heavy atom. The van der Waals surface area contributed by atoms with E-state index in [2.05, 4.69) is 11.4 Å². The van der Waals surface area contributed by atoms with E-state index in [4.69, 9.17) is 5.26 Å². The van der Waals surface area contributed by atoms with Gasteiger partial charge in [-0.2, -0.15) is 5.26 Å². The fraction of sp³-hybridized carbons (Fsp3) is 0.818. The maximum atomic E-state index is 11.5. The van der Waals surface area contributed by atoms with Gasteiger partial charge in [-0.1, -0.05) is 33.1 Å². The summed E-state index contributed by atoms with van der Waals surface area (Å²) in [4.78, 5) is 11.5. The second-order valence-corrected chi connectivity index (χ2v) is 4.40. The molecule has 1 rings (SSSR count). The van der Waals surface area contributed by atoms with E-state index in [9.17, 15) is 4.79 Å². The molecule has 0 atom stereocenters. The zero-order chi connectivity index (χ0) is 10.6. The van der Waals surface area contributed by atoms with Crippen LogP contribution in [0.15, 0.2) is 0 Å². The summed E-state index contributed by atoms with van der Waals surface area (Å²) < 4.78 is 0. The number of carbonyl (C=O) groups is 1. The maximum absolute atomic E-state index is 11.5. The molecule has 0 radical (unpaired) electrons. The molecule has 1 saturated carbocycles. The Morgan fingerprint density at radius 2 is 1.93 bits per heavy atom. The number of hydrogen-bond acceptors (Lipinski definition) is 2. The molecule has 0 aromatic rings. The minimum atomic E-state index is -0.570. The fourth-order valence-corrected chi connectivity index (χ4v) is 1.80. The molecule has 0 saturated heterocycles. The van der Waals surface area contributed by atoms with E-state index in [0.717, 1.165) is 25.7 Å². The van der Waals surface area contributed by atoms with Crippen LogP contribution in [0.4, 0.5) is 0 Å². The summed E-state index contributed by atoms with van der Waals surface area (Å²) in [6, 6.07) is 2.27. The Bertz CT molecular complexity index is 247. The van der Waals surface area contributed by atoms with Crippen LogP contribution >= 0.6 is 0 Å². The third kappa shape index (κ3) is 2.47. The van der Waals surface area contributed by atoms with E-state index < -0.39 is 5.54 Å². The molecule has 0 spiro atoms. The van der Waals surface area contributed by atoms with E-state index in [1.54, 1.807) is 0 Å². The summed E-state index contributed by atoms with van der Waals surface area (Å²) in [5, 5.41) is 12.0. The molecule has 14 heavy (non-hydrogen) atoms. The lowest BCUT2D eigenvalue weighted by atomic mass is 9.82. The third-order valence-electron chi connectivity index (χ3n) is 2.81. The van der Waals surface area contributed by atoms with Crippen molar-refractivity contribution in [2.45, 2.75) is 51.5 Å². The minimum Gasteiger partial charge on any atom is -0.338 e. The quantitative estimate of drug-likeness (QED) is 0.730. The minimum absolute atomic E-state index is 0.00606. The first kappa shape index (κ1) is 11.0. The molecule has 78 valence electrons. The third-order valence-corrected chi connectivity index (χ3v) is 2.81. The van der Waals surface area contributed by atoms with Crippen LogP contribution in [0.1, 0.15) is 46.0 Å². The van der Waals surface area contributed by atoms with Gasteiger partial charge >= 0.3 is 0 Å². The second kappa shape index (κ2) is 4.45.